The molecule has 0 fully saturated rings. The normalized spacial score (nSPS) is 13.2. The number of thioether (sulfide) groups is 1. The minimum Gasteiger partial charge on any atom is -0.482 e. The number of oxazole rings is 1. The molecule has 3 aromatic rings. The van der Waals surface area contributed by atoms with Gasteiger partial charge in [0, 0.05) is 10.6 Å². The molecule has 0 saturated heterocycles. The van der Waals surface area contributed by atoms with E-state index in [4.69, 9.17) is 20.8 Å². The molecule has 1 aliphatic heterocycles. The molecule has 2 heterocycles. The van der Waals surface area contributed by atoms with E-state index in [1.165, 1.54) is 11.8 Å². The summed E-state index contributed by atoms with van der Waals surface area (Å²) in [4.78, 5) is 28.1. The number of amides is 1. The summed E-state index contributed by atoms with van der Waals surface area (Å²) in [5.74, 6) is 0.373. The van der Waals surface area contributed by atoms with Crippen LogP contribution < -0.4 is 10.1 Å². The maximum atomic E-state index is 12.4. The van der Waals surface area contributed by atoms with Crippen LogP contribution in [0.25, 0.3) is 11.1 Å². The first-order valence-corrected chi connectivity index (χ1v) is 8.74. The molecule has 8 heteroatoms. The number of rotatable bonds is 4. The highest BCUT2D eigenvalue weighted by Gasteiger charge is 2.18. The van der Waals surface area contributed by atoms with Gasteiger partial charge < -0.3 is 14.5 Å². The number of nitrogens with one attached hydrogen (secondary N) is 1. The van der Waals surface area contributed by atoms with E-state index in [9.17, 15) is 9.59 Å². The van der Waals surface area contributed by atoms with E-state index in [0.29, 0.717) is 38.3 Å². The number of benzene rings is 2. The van der Waals surface area contributed by atoms with Gasteiger partial charge in [-0.15, -0.1) is 0 Å². The lowest BCUT2D eigenvalue weighted by Gasteiger charge is -2.18. The molecular formula is C17H11ClN2O4S. The lowest BCUT2D eigenvalue weighted by atomic mass is 10.1. The first-order valence-electron chi connectivity index (χ1n) is 7.37. The molecule has 0 unspecified atom stereocenters. The second kappa shape index (κ2) is 6.42. The van der Waals surface area contributed by atoms with Crippen molar-refractivity contribution >= 4 is 51.8 Å². The fourth-order valence-corrected chi connectivity index (χ4v) is 3.31. The monoisotopic (exact) mass is 374 g/mol. The second-order valence-electron chi connectivity index (χ2n) is 5.35. The third-order valence-corrected chi connectivity index (χ3v) is 4.65. The van der Waals surface area contributed by atoms with Crippen LogP contribution in [0.2, 0.25) is 5.02 Å². The lowest BCUT2D eigenvalue weighted by molar-refractivity contribution is -0.118. The number of aromatic nitrogens is 1. The Hall–Kier alpha value is -2.51. The number of carbonyl (C=O) groups is 2. The topological polar surface area (TPSA) is 81.4 Å². The van der Waals surface area contributed by atoms with E-state index in [0.717, 1.165) is 0 Å². The van der Waals surface area contributed by atoms with Crippen LogP contribution in [0.5, 0.6) is 5.75 Å². The standard InChI is InChI=1S/C17H11ClN2O4S/c18-10-2-4-15-12(6-10)20-17(24-15)25-8-13(21)9-1-3-14-11(5-9)19-16(22)7-23-14/h1-6H,7-8H2,(H,19,22). The van der Waals surface area contributed by atoms with Gasteiger partial charge in [-0.3, -0.25) is 9.59 Å². The van der Waals surface area contributed by atoms with E-state index >= 15 is 0 Å². The molecule has 126 valence electrons. The van der Waals surface area contributed by atoms with Gasteiger partial charge in [0.25, 0.3) is 11.1 Å². The number of fused-ring (bicyclic) bond motifs is 2. The summed E-state index contributed by atoms with van der Waals surface area (Å²) in [5, 5.41) is 3.66. The van der Waals surface area contributed by atoms with Crippen molar-refractivity contribution in [3.05, 3.63) is 47.0 Å². The maximum absolute atomic E-state index is 12.4. The van der Waals surface area contributed by atoms with Gasteiger partial charge >= 0.3 is 0 Å². The smallest absolute Gasteiger partial charge is 0.262 e. The summed E-state index contributed by atoms with van der Waals surface area (Å²) >= 11 is 7.12. The van der Waals surface area contributed by atoms with E-state index in [1.807, 2.05) is 0 Å². The predicted molar refractivity (Wildman–Crippen MR) is 94.6 cm³/mol. The maximum Gasteiger partial charge on any atom is 0.262 e. The average Bonchev–Trinajstić information content (AvgIpc) is 3.01. The van der Waals surface area contributed by atoms with Crippen molar-refractivity contribution in [3.63, 3.8) is 0 Å². The van der Waals surface area contributed by atoms with Crippen molar-refractivity contribution in [1.29, 1.82) is 0 Å². The van der Waals surface area contributed by atoms with Crippen molar-refractivity contribution in [2.24, 2.45) is 0 Å². The highest BCUT2D eigenvalue weighted by molar-refractivity contribution is 7.99. The van der Waals surface area contributed by atoms with Crippen LogP contribution in [0.4, 0.5) is 5.69 Å². The van der Waals surface area contributed by atoms with E-state index in [1.54, 1.807) is 36.4 Å². The molecule has 0 saturated carbocycles. The summed E-state index contributed by atoms with van der Waals surface area (Å²) < 4.78 is 10.9. The Labute approximate surface area is 151 Å². The summed E-state index contributed by atoms with van der Waals surface area (Å²) in [5.41, 5.74) is 2.25. The Balaban J connectivity index is 1.48. The molecule has 25 heavy (non-hydrogen) atoms. The molecule has 4 rings (SSSR count). The molecule has 0 aliphatic carbocycles. The van der Waals surface area contributed by atoms with Gasteiger partial charge in [0.2, 0.25) is 0 Å². The highest BCUT2D eigenvalue weighted by Crippen LogP contribution is 2.30. The van der Waals surface area contributed by atoms with Crippen LogP contribution in [-0.2, 0) is 4.79 Å². The third kappa shape index (κ3) is 3.33. The molecule has 0 bridgehead atoms. The number of hydrogen-bond acceptors (Lipinski definition) is 6. The zero-order valence-electron chi connectivity index (χ0n) is 12.7. The molecular weight excluding hydrogens is 364 g/mol. The van der Waals surface area contributed by atoms with Crippen LogP contribution in [0.1, 0.15) is 10.4 Å². The minimum atomic E-state index is -0.239. The van der Waals surface area contributed by atoms with Crippen molar-refractivity contribution in [3.8, 4) is 5.75 Å². The Kier molecular flexibility index (Phi) is 4.10. The predicted octanol–water partition coefficient (Wildman–Crippen LogP) is 3.79. The first kappa shape index (κ1) is 16.0. The highest BCUT2D eigenvalue weighted by atomic mass is 35.5. The minimum absolute atomic E-state index is 0.0160. The Morgan fingerprint density at radius 1 is 1.28 bits per heavy atom. The Bertz CT molecular complexity index is 1000. The second-order valence-corrected chi connectivity index (χ2v) is 6.71. The number of anilines is 1. The molecule has 2 aromatic carbocycles. The van der Waals surface area contributed by atoms with E-state index in [-0.39, 0.29) is 24.1 Å². The van der Waals surface area contributed by atoms with E-state index < -0.39 is 0 Å². The molecule has 1 aliphatic rings. The number of nitrogens with zero attached hydrogens (tertiary/aromatic N) is 1. The van der Waals surface area contributed by atoms with Crippen LogP contribution in [0.3, 0.4) is 0 Å². The number of halogens is 1. The van der Waals surface area contributed by atoms with E-state index in [2.05, 4.69) is 10.3 Å². The molecule has 1 amide bonds. The zero-order chi connectivity index (χ0) is 17.4. The lowest BCUT2D eigenvalue weighted by Crippen LogP contribution is -2.25. The van der Waals surface area contributed by atoms with Crippen molar-refractivity contribution in [1.82, 2.24) is 4.98 Å². The first-order chi connectivity index (χ1) is 12.1. The third-order valence-electron chi connectivity index (χ3n) is 3.59. The molecule has 0 spiro atoms. The van der Waals surface area contributed by atoms with Crippen molar-refractivity contribution in [2.45, 2.75) is 5.22 Å². The Morgan fingerprint density at radius 2 is 2.16 bits per heavy atom. The van der Waals surface area contributed by atoms with Gasteiger partial charge in [0.1, 0.15) is 11.3 Å². The molecule has 6 nitrogen and oxygen atoms in total. The van der Waals surface area contributed by atoms with Crippen molar-refractivity contribution < 1.29 is 18.7 Å². The average molecular weight is 375 g/mol. The summed E-state index contributed by atoms with van der Waals surface area (Å²) in [6.45, 7) is -0.0160. The van der Waals surface area contributed by atoms with Gasteiger partial charge in [0.05, 0.1) is 11.4 Å². The van der Waals surface area contributed by atoms with Gasteiger partial charge in [-0.25, -0.2) is 4.98 Å². The van der Waals surface area contributed by atoms with Crippen LogP contribution in [-0.4, -0.2) is 29.0 Å². The number of ether oxygens (including phenoxy) is 1. The number of carbonyl (C=O) groups excluding carboxylic acids is 2. The van der Waals surface area contributed by atoms with Gasteiger partial charge in [0.15, 0.2) is 18.0 Å². The summed E-state index contributed by atoms with van der Waals surface area (Å²) in [6.07, 6.45) is 0. The van der Waals surface area contributed by atoms with Crippen LogP contribution in [0.15, 0.2) is 46.0 Å². The van der Waals surface area contributed by atoms with Crippen LogP contribution >= 0.6 is 23.4 Å². The number of ketones is 1. The fraction of sp³-hybridized carbons (Fsp3) is 0.118. The SMILES string of the molecule is O=C1COc2ccc(C(=O)CSc3nc4cc(Cl)ccc4o3)cc2N1. The van der Waals surface area contributed by atoms with Gasteiger partial charge in [-0.1, -0.05) is 23.4 Å². The molecule has 0 radical (unpaired) electrons. The quantitative estimate of drug-likeness (QED) is 0.552. The summed E-state index contributed by atoms with van der Waals surface area (Å²) in [7, 11) is 0. The molecule has 1 aromatic heterocycles. The Morgan fingerprint density at radius 3 is 3.04 bits per heavy atom. The van der Waals surface area contributed by atoms with Gasteiger partial charge in [-0.2, -0.15) is 0 Å². The molecule has 1 N–H and O–H groups in total. The van der Waals surface area contributed by atoms with Crippen LogP contribution in [0, 0.1) is 0 Å². The van der Waals surface area contributed by atoms with Gasteiger partial charge in [-0.05, 0) is 36.4 Å². The van der Waals surface area contributed by atoms with Crippen molar-refractivity contribution in [2.75, 3.05) is 17.7 Å². The molecule has 0 atom stereocenters. The zero-order valence-corrected chi connectivity index (χ0v) is 14.3. The fourth-order valence-electron chi connectivity index (χ4n) is 2.41. The largest absolute Gasteiger partial charge is 0.482 e. The number of Topliss-reactive ketones (excluding diaryl/α,β-unsaturated/α-hetero) is 1. The summed E-state index contributed by atoms with van der Waals surface area (Å²) in [6, 6.07) is 10.1. The number of hydrogen-bond donors (Lipinski definition) is 1.